The van der Waals surface area contributed by atoms with Crippen molar-refractivity contribution in [3.8, 4) is 0 Å². The Labute approximate surface area is 135 Å². The fourth-order valence-corrected chi connectivity index (χ4v) is 0. The minimum Gasteiger partial charge on any atom is -0.850 e. The van der Waals surface area contributed by atoms with Gasteiger partial charge in [-0.2, -0.15) is 0 Å². The fourth-order valence-electron chi connectivity index (χ4n) is 0. The molecule has 0 unspecified atom stereocenters. The number of hydrogen-bond acceptors (Lipinski definition) is 3. The van der Waals surface area contributed by atoms with Gasteiger partial charge in [0.05, 0.1) is 0 Å². The van der Waals surface area contributed by atoms with Crippen LogP contribution in [0.2, 0.25) is 0 Å². The van der Waals surface area contributed by atoms with Crippen molar-refractivity contribution in [1.82, 2.24) is 0 Å². The molecule has 0 bridgehead atoms. The van der Waals surface area contributed by atoms with Crippen LogP contribution in [0.5, 0.6) is 0 Å². The van der Waals surface area contributed by atoms with E-state index in [0.29, 0.717) is 0 Å². The fraction of sp³-hybridized carbons (Fsp3) is 1.00. The molecule has 0 rings (SSSR count). The maximum absolute atomic E-state index is 10.1. The summed E-state index contributed by atoms with van der Waals surface area (Å²) in [6.07, 6.45) is 0. The first-order chi connectivity index (χ1) is 6.00. The predicted molar refractivity (Wildman–Crippen MR) is 59.3 cm³/mol. The molecular formula is C12H27O3Pr. The molecule has 96 valence electrons. The van der Waals surface area contributed by atoms with Crippen LogP contribution < -0.4 is 15.3 Å². The van der Waals surface area contributed by atoms with E-state index < -0.39 is 16.8 Å². The van der Waals surface area contributed by atoms with Crippen LogP contribution in [0.15, 0.2) is 0 Å². The van der Waals surface area contributed by atoms with Gasteiger partial charge in [-0.1, -0.05) is 62.3 Å². The van der Waals surface area contributed by atoms with E-state index in [1.54, 1.807) is 62.3 Å². The van der Waals surface area contributed by atoms with Gasteiger partial charge in [0.15, 0.2) is 0 Å². The van der Waals surface area contributed by atoms with Crippen molar-refractivity contribution in [3.05, 3.63) is 0 Å². The van der Waals surface area contributed by atoms with Crippen LogP contribution in [-0.2, 0) is 0 Å². The SMILES string of the molecule is CC(C)(C)[O-].CC(C)(C)[O-].CC(C)(C)[O-].[Pr+3]. The van der Waals surface area contributed by atoms with E-state index in [4.69, 9.17) is 0 Å². The van der Waals surface area contributed by atoms with Gasteiger partial charge in [0.1, 0.15) is 0 Å². The van der Waals surface area contributed by atoms with Crippen molar-refractivity contribution < 1.29 is 56.6 Å². The number of rotatable bonds is 0. The van der Waals surface area contributed by atoms with Crippen LogP contribution >= 0.6 is 0 Å². The molecule has 0 aromatic rings. The quantitative estimate of drug-likeness (QED) is 0.629. The van der Waals surface area contributed by atoms with E-state index in [0.717, 1.165) is 0 Å². The Bertz CT molecular complexity index is 91.3. The van der Waals surface area contributed by atoms with Gasteiger partial charge in [-0.15, -0.1) is 16.8 Å². The molecule has 0 fully saturated rings. The van der Waals surface area contributed by atoms with Crippen molar-refractivity contribution in [3.63, 3.8) is 0 Å². The molecule has 0 aromatic heterocycles. The molecule has 0 N–H and O–H groups in total. The van der Waals surface area contributed by atoms with Crippen molar-refractivity contribution in [2.24, 2.45) is 0 Å². The molecule has 0 aliphatic heterocycles. The Kier molecular flexibility index (Phi) is 16.5. The summed E-state index contributed by atoms with van der Waals surface area (Å²) in [5.74, 6) is 0. The summed E-state index contributed by atoms with van der Waals surface area (Å²) in [7, 11) is 0. The van der Waals surface area contributed by atoms with Gasteiger partial charge in [-0.25, -0.2) is 0 Å². The van der Waals surface area contributed by atoms with Crippen LogP contribution in [-0.4, -0.2) is 16.8 Å². The molecule has 0 atom stereocenters. The first-order valence-corrected chi connectivity index (χ1v) is 5.11. The van der Waals surface area contributed by atoms with E-state index in [1.807, 2.05) is 0 Å². The molecule has 0 amide bonds. The van der Waals surface area contributed by atoms with E-state index in [1.165, 1.54) is 0 Å². The van der Waals surface area contributed by atoms with Gasteiger partial charge in [-0.3, -0.25) is 0 Å². The first-order valence-electron chi connectivity index (χ1n) is 5.11. The standard InChI is InChI=1S/3C4H9O.Pr/c3*1-4(2,3)5;/h3*1-3H3;/q3*-1;+3. The van der Waals surface area contributed by atoms with E-state index in [-0.39, 0.29) is 41.3 Å². The average molecular weight is 360 g/mol. The molecule has 3 nitrogen and oxygen atoms in total. The molecule has 0 aromatic carbocycles. The van der Waals surface area contributed by atoms with E-state index in [9.17, 15) is 15.3 Å². The molecule has 0 spiro atoms. The van der Waals surface area contributed by atoms with Crippen molar-refractivity contribution in [2.75, 3.05) is 0 Å². The minimum absolute atomic E-state index is 0. The Morgan fingerprint density at radius 1 is 0.438 bits per heavy atom. The molecule has 0 aliphatic rings. The van der Waals surface area contributed by atoms with Crippen LogP contribution in [0, 0.1) is 41.3 Å². The van der Waals surface area contributed by atoms with Crippen LogP contribution in [0.3, 0.4) is 0 Å². The summed E-state index contributed by atoms with van der Waals surface area (Å²) in [4.78, 5) is 0. The summed E-state index contributed by atoms with van der Waals surface area (Å²) in [5, 5.41) is 30.3. The largest absolute Gasteiger partial charge is 3.00 e. The second kappa shape index (κ2) is 10.2. The minimum atomic E-state index is -0.750. The summed E-state index contributed by atoms with van der Waals surface area (Å²) in [6.45, 7) is 14.7. The average Bonchev–Trinajstić information content (AvgIpc) is 1.41. The van der Waals surface area contributed by atoms with Gasteiger partial charge in [0.2, 0.25) is 0 Å². The second-order valence-corrected chi connectivity index (χ2v) is 6.34. The van der Waals surface area contributed by atoms with Crippen LogP contribution in [0.1, 0.15) is 62.3 Å². The van der Waals surface area contributed by atoms with Gasteiger partial charge in [0.25, 0.3) is 0 Å². The third kappa shape index (κ3) is 2000. The second-order valence-electron chi connectivity index (χ2n) is 6.34. The Morgan fingerprint density at radius 3 is 0.438 bits per heavy atom. The molecule has 4 heteroatoms. The predicted octanol–water partition coefficient (Wildman–Crippen LogP) is 0.436. The van der Waals surface area contributed by atoms with Crippen molar-refractivity contribution in [2.45, 2.75) is 79.1 Å². The zero-order valence-corrected chi connectivity index (χ0v) is 16.0. The Morgan fingerprint density at radius 2 is 0.438 bits per heavy atom. The smallest absolute Gasteiger partial charge is 0.850 e. The first kappa shape index (κ1) is 25.9. The summed E-state index contributed by atoms with van der Waals surface area (Å²) in [5.41, 5.74) is -2.25. The Balaban J connectivity index is -0.0000000655. The van der Waals surface area contributed by atoms with Crippen molar-refractivity contribution >= 4 is 0 Å². The molecule has 0 heterocycles. The molecule has 0 radical (unpaired) electrons. The topological polar surface area (TPSA) is 69.2 Å². The monoisotopic (exact) mass is 360 g/mol. The summed E-state index contributed by atoms with van der Waals surface area (Å²) in [6, 6.07) is 0. The van der Waals surface area contributed by atoms with Gasteiger partial charge < -0.3 is 15.3 Å². The zero-order valence-electron chi connectivity index (χ0n) is 12.3. The molecule has 0 aliphatic carbocycles. The van der Waals surface area contributed by atoms with Crippen LogP contribution in [0.25, 0.3) is 0 Å². The van der Waals surface area contributed by atoms with E-state index in [2.05, 4.69) is 0 Å². The maximum atomic E-state index is 10.1. The van der Waals surface area contributed by atoms with E-state index >= 15 is 0 Å². The number of hydrogen-bond donors (Lipinski definition) is 0. The molecule has 0 saturated carbocycles. The Hall–Kier alpha value is 1.24. The van der Waals surface area contributed by atoms with Crippen molar-refractivity contribution in [1.29, 1.82) is 0 Å². The molecular weight excluding hydrogens is 333 g/mol. The maximum Gasteiger partial charge on any atom is 3.00 e. The van der Waals surface area contributed by atoms with Gasteiger partial charge in [-0.05, 0) is 0 Å². The third-order valence-electron chi connectivity index (χ3n) is 0. The molecule has 16 heavy (non-hydrogen) atoms. The normalized spacial score (nSPS) is 11.2. The molecule has 0 saturated heterocycles. The van der Waals surface area contributed by atoms with Gasteiger partial charge >= 0.3 is 41.3 Å². The summed E-state index contributed by atoms with van der Waals surface area (Å²) < 4.78 is 0. The van der Waals surface area contributed by atoms with Gasteiger partial charge in [0, 0.05) is 0 Å². The van der Waals surface area contributed by atoms with Crippen LogP contribution in [0.4, 0.5) is 0 Å². The zero-order chi connectivity index (χ0) is 13.5. The third-order valence-corrected chi connectivity index (χ3v) is 0. The summed E-state index contributed by atoms with van der Waals surface area (Å²) >= 11 is 0.